The van der Waals surface area contributed by atoms with Gasteiger partial charge in [0.2, 0.25) is 5.88 Å². The molecule has 5 aromatic rings. The number of carboxylic acids is 1. The molecule has 41 heavy (non-hydrogen) atoms. The van der Waals surface area contributed by atoms with E-state index >= 15 is 0 Å². The number of phenols is 1. The number of nitrogens with zero attached hydrogens (tertiary/aromatic N) is 2. The zero-order chi connectivity index (χ0) is 28.7. The SMILES string of the molecule is O=C(O)c1coc2c1c(C(c1ccnc(OCc3ccc(F)c(Cl)c3)c1)N1CCCCC1)c(O)c1ccc(F)cc12. The van der Waals surface area contributed by atoms with Gasteiger partial charge in [0.1, 0.15) is 41.4 Å². The Balaban J connectivity index is 1.51. The van der Waals surface area contributed by atoms with Crippen LogP contribution in [0.15, 0.2) is 65.4 Å². The first-order valence-corrected chi connectivity index (χ1v) is 13.5. The van der Waals surface area contributed by atoms with Gasteiger partial charge < -0.3 is 19.4 Å². The fourth-order valence-electron chi connectivity index (χ4n) is 5.62. The van der Waals surface area contributed by atoms with Crippen molar-refractivity contribution in [2.75, 3.05) is 13.1 Å². The highest BCUT2D eigenvalue weighted by atomic mass is 35.5. The molecule has 0 aliphatic carbocycles. The first-order valence-electron chi connectivity index (χ1n) is 13.2. The van der Waals surface area contributed by atoms with Gasteiger partial charge in [0, 0.05) is 34.0 Å². The van der Waals surface area contributed by atoms with Crippen molar-refractivity contribution in [3.05, 3.63) is 99.9 Å². The third-order valence-electron chi connectivity index (χ3n) is 7.50. The lowest BCUT2D eigenvalue weighted by atomic mass is 9.88. The molecule has 0 amide bonds. The summed E-state index contributed by atoms with van der Waals surface area (Å²) in [5.41, 5.74) is 1.78. The number of furan rings is 1. The molecule has 7 nitrogen and oxygen atoms in total. The van der Waals surface area contributed by atoms with E-state index < -0.39 is 23.6 Å². The van der Waals surface area contributed by atoms with E-state index in [1.807, 2.05) is 0 Å². The molecule has 1 fully saturated rings. The number of aromatic nitrogens is 1. The number of likely N-dealkylation sites (tertiary alicyclic amines) is 1. The Morgan fingerprint density at radius 3 is 2.63 bits per heavy atom. The number of ether oxygens (including phenoxy) is 1. The Kier molecular flexibility index (Phi) is 7.23. The lowest BCUT2D eigenvalue weighted by Crippen LogP contribution is -2.34. The molecule has 0 saturated carbocycles. The van der Waals surface area contributed by atoms with Gasteiger partial charge in [0.15, 0.2) is 0 Å². The van der Waals surface area contributed by atoms with Crippen molar-refractivity contribution >= 4 is 39.3 Å². The number of rotatable bonds is 7. The smallest absolute Gasteiger partial charge is 0.339 e. The molecule has 2 aromatic heterocycles. The Labute approximate surface area is 238 Å². The average Bonchev–Trinajstić information content (AvgIpc) is 3.42. The van der Waals surface area contributed by atoms with E-state index in [1.165, 1.54) is 30.3 Å². The molecular weight excluding hydrogens is 554 g/mol. The summed E-state index contributed by atoms with van der Waals surface area (Å²) in [6.07, 6.45) is 5.62. The van der Waals surface area contributed by atoms with Gasteiger partial charge in [-0.15, -0.1) is 0 Å². The second kappa shape index (κ2) is 11.0. The van der Waals surface area contributed by atoms with Gasteiger partial charge in [-0.2, -0.15) is 0 Å². The standard InChI is InChI=1S/C31H25ClF2N2O5/c32-23-12-17(4-7-24(23)34)15-40-25-13-18(8-9-35-25)28(36-10-2-1-3-11-36)27-26-22(31(38)39)16-41-30(26)21-14-19(33)5-6-20(21)29(27)37/h4-9,12-14,16,28,37H,1-3,10-11,15H2,(H,38,39). The molecule has 1 unspecified atom stereocenters. The van der Waals surface area contributed by atoms with Crippen molar-refractivity contribution in [1.82, 2.24) is 9.88 Å². The second-order valence-electron chi connectivity index (χ2n) is 10.1. The molecule has 1 atom stereocenters. The van der Waals surface area contributed by atoms with Gasteiger partial charge in [-0.25, -0.2) is 18.6 Å². The number of fused-ring (bicyclic) bond motifs is 3. The lowest BCUT2D eigenvalue weighted by molar-refractivity contribution is 0.0697. The van der Waals surface area contributed by atoms with E-state index in [0.717, 1.165) is 25.5 Å². The van der Waals surface area contributed by atoms with E-state index in [2.05, 4.69) is 9.88 Å². The van der Waals surface area contributed by atoms with E-state index in [4.69, 9.17) is 20.8 Å². The fourth-order valence-corrected chi connectivity index (χ4v) is 5.82. The number of hydrogen-bond donors (Lipinski definition) is 2. The van der Waals surface area contributed by atoms with Crippen LogP contribution in [0.3, 0.4) is 0 Å². The van der Waals surface area contributed by atoms with Crippen LogP contribution < -0.4 is 4.74 Å². The van der Waals surface area contributed by atoms with E-state index in [0.29, 0.717) is 35.2 Å². The van der Waals surface area contributed by atoms with Gasteiger partial charge in [-0.3, -0.25) is 4.90 Å². The quantitative estimate of drug-likeness (QED) is 0.207. The zero-order valence-electron chi connectivity index (χ0n) is 21.7. The average molecular weight is 579 g/mol. The Morgan fingerprint density at radius 1 is 1.07 bits per heavy atom. The highest BCUT2D eigenvalue weighted by Crippen LogP contribution is 2.47. The van der Waals surface area contributed by atoms with Crippen LogP contribution >= 0.6 is 11.6 Å². The summed E-state index contributed by atoms with van der Waals surface area (Å²) in [5.74, 6) is -2.15. The predicted molar refractivity (Wildman–Crippen MR) is 150 cm³/mol. The van der Waals surface area contributed by atoms with Crippen LogP contribution in [0.1, 0.15) is 52.4 Å². The third-order valence-corrected chi connectivity index (χ3v) is 7.79. The van der Waals surface area contributed by atoms with E-state index in [-0.39, 0.29) is 45.2 Å². The molecule has 0 spiro atoms. The summed E-state index contributed by atoms with van der Waals surface area (Å²) < 4.78 is 39.5. The molecule has 3 aromatic carbocycles. The van der Waals surface area contributed by atoms with Gasteiger partial charge in [0.05, 0.1) is 11.1 Å². The highest BCUT2D eigenvalue weighted by Gasteiger charge is 2.33. The molecule has 6 rings (SSSR count). The van der Waals surface area contributed by atoms with Crippen LogP contribution in [-0.2, 0) is 6.61 Å². The molecule has 10 heteroatoms. The molecular formula is C31H25ClF2N2O5. The normalized spacial score (nSPS) is 14.9. The number of piperidine rings is 1. The lowest BCUT2D eigenvalue weighted by Gasteiger charge is -2.36. The number of aromatic hydroxyl groups is 1. The van der Waals surface area contributed by atoms with E-state index in [1.54, 1.807) is 24.4 Å². The Hall–Kier alpha value is -4.21. The van der Waals surface area contributed by atoms with Gasteiger partial charge >= 0.3 is 5.97 Å². The molecule has 1 saturated heterocycles. The fraction of sp³-hybridized carbons (Fsp3) is 0.226. The number of aromatic carboxylic acids is 1. The summed E-state index contributed by atoms with van der Waals surface area (Å²) in [4.78, 5) is 18.8. The molecule has 1 aliphatic heterocycles. The third kappa shape index (κ3) is 5.07. The number of pyridine rings is 1. The van der Waals surface area contributed by atoms with Crippen LogP contribution in [0.25, 0.3) is 21.7 Å². The maximum absolute atomic E-state index is 14.3. The topological polar surface area (TPSA) is 96.0 Å². The molecule has 0 bridgehead atoms. The number of phenolic OH excluding ortho intramolecular Hbond substituents is 1. The second-order valence-corrected chi connectivity index (χ2v) is 10.5. The maximum Gasteiger partial charge on any atom is 0.339 e. The monoisotopic (exact) mass is 578 g/mol. The van der Waals surface area contributed by atoms with Crippen LogP contribution in [0.4, 0.5) is 8.78 Å². The molecule has 2 N–H and O–H groups in total. The summed E-state index contributed by atoms with van der Waals surface area (Å²) in [6, 6.07) is 11.2. The van der Waals surface area contributed by atoms with Gasteiger partial charge in [-0.05, 0) is 73.5 Å². The molecule has 3 heterocycles. The number of halogens is 3. The minimum absolute atomic E-state index is 0.0111. The summed E-state index contributed by atoms with van der Waals surface area (Å²) >= 11 is 5.91. The van der Waals surface area contributed by atoms with Crippen LogP contribution in [0, 0.1) is 11.6 Å². The van der Waals surface area contributed by atoms with Crippen LogP contribution in [0.5, 0.6) is 11.6 Å². The van der Waals surface area contributed by atoms with Crippen molar-refractivity contribution in [3.63, 3.8) is 0 Å². The largest absolute Gasteiger partial charge is 0.507 e. The Morgan fingerprint density at radius 2 is 1.88 bits per heavy atom. The number of hydrogen-bond acceptors (Lipinski definition) is 6. The molecule has 0 radical (unpaired) electrons. The van der Waals surface area contributed by atoms with Crippen LogP contribution in [0.2, 0.25) is 5.02 Å². The zero-order valence-corrected chi connectivity index (χ0v) is 22.5. The van der Waals surface area contributed by atoms with Crippen molar-refractivity contribution < 1.29 is 32.9 Å². The number of benzene rings is 3. The van der Waals surface area contributed by atoms with Crippen molar-refractivity contribution in [2.45, 2.75) is 31.9 Å². The first kappa shape index (κ1) is 27.0. The minimum atomic E-state index is -1.23. The first-order chi connectivity index (χ1) is 19.8. The number of carbonyl (C=O) groups is 1. The number of carboxylic acid groups (broad SMARTS) is 1. The highest BCUT2D eigenvalue weighted by molar-refractivity contribution is 6.30. The molecule has 1 aliphatic rings. The molecule has 210 valence electrons. The van der Waals surface area contributed by atoms with E-state index in [9.17, 15) is 23.8 Å². The summed E-state index contributed by atoms with van der Waals surface area (Å²) in [5, 5.41) is 22.6. The van der Waals surface area contributed by atoms with Crippen LogP contribution in [-0.4, -0.2) is 39.2 Å². The van der Waals surface area contributed by atoms with Gasteiger partial charge in [-0.1, -0.05) is 24.1 Å². The summed E-state index contributed by atoms with van der Waals surface area (Å²) in [7, 11) is 0. The van der Waals surface area contributed by atoms with Crippen molar-refractivity contribution in [3.8, 4) is 11.6 Å². The Bertz CT molecular complexity index is 1780. The predicted octanol–water partition coefficient (Wildman–Crippen LogP) is 7.47. The van der Waals surface area contributed by atoms with Crippen molar-refractivity contribution in [2.24, 2.45) is 0 Å². The minimum Gasteiger partial charge on any atom is -0.507 e. The van der Waals surface area contributed by atoms with Crippen molar-refractivity contribution in [1.29, 1.82) is 0 Å². The maximum atomic E-state index is 14.3. The summed E-state index contributed by atoms with van der Waals surface area (Å²) in [6.45, 7) is 1.51. The van der Waals surface area contributed by atoms with Gasteiger partial charge in [0.25, 0.3) is 0 Å².